The van der Waals surface area contributed by atoms with Crippen LogP contribution >= 0.6 is 12.2 Å². The van der Waals surface area contributed by atoms with Gasteiger partial charge < -0.3 is 19.9 Å². The molecule has 0 aliphatic carbocycles. The summed E-state index contributed by atoms with van der Waals surface area (Å²) in [6.45, 7) is 2.87. The number of carbonyl (C=O) groups is 1. The highest BCUT2D eigenvalue weighted by atomic mass is 32.1. The molecular formula is C25H37NO4S. The van der Waals surface area contributed by atoms with Crippen molar-refractivity contribution in [1.82, 2.24) is 5.32 Å². The molecule has 2 saturated heterocycles. The van der Waals surface area contributed by atoms with Crippen molar-refractivity contribution in [1.29, 1.82) is 0 Å². The van der Waals surface area contributed by atoms with E-state index >= 15 is 0 Å². The maximum absolute atomic E-state index is 10.7. The van der Waals surface area contributed by atoms with E-state index in [4.69, 9.17) is 26.8 Å². The van der Waals surface area contributed by atoms with Crippen molar-refractivity contribution in [3.63, 3.8) is 0 Å². The van der Waals surface area contributed by atoms with Crippen LogP contribution in [0.1, 0.15) is 76.7 Å². The molecule has 5 nitrogen and oxygen atoms in total. The first-order chi connectivity index (χ1) is 15.1. The molecule has 0 radical (unpaired) electrons. The molecule has 1 aromatic carbocycles. The third-order valence-corrected chi connectivity index (χ3v) is 6.95. The normalized spacial score (nSPS) is 25.3. The maximum Gasteiger partial charge on any atom is 0.303 e. The zero-order chi connectivity index (χ0) is 22.1. The van der Waals surface area contributed by atoms with Crippen LogP contribution in [0.3, 0.4) is 0 Å². The van der Waals surface area contributed by atoms with Gasteiger partial charge in [0.05, 0.1) is 12.2 Å². The molecule has 0 aromatic heterocycles. The van der Waals surface area contributed by atoms with Gasteiger partial charge in [0.1, 0.15) is 6.10 Å². The Labute approximate surface area is 191 Å². The van der Waals surface area contributed by atoms with Gasteiger partial charge in [0, 0.05) is 18.9 Å². The van der Waals surface area contributed by atoms with E-state index in [9.17, 15) is 4.79 Å². The molecule has 2 fully saturated rings. The summed E-state index contributed by atoms with van der Waals surface area (Å²) in [4.78, 5) is 10.7. The van der Waals surface area contributed by atoms with Crippen molar-refractivity contribution < 1.29 is 19.4 Å². The molecule has 5 atom stereocenters. The number of thiocarbonyl (C=S) groups is 1. The number of ether oxygens (including phenoxy) is 2. The Bertz CT molecular complexity index is 698. The second-order valence-corrected chi connectivity index (χ2v) is 9.32. The molecule has 2 aliphatic heterocycles. The summed E-state index contributed by atoms with van der Waals surface area (Å²) in [6, 6.07) is 10.2. The Morgan fingerprint density at radius 2 is 1.94 bits per heavy atom. The van der Waals surface area contributed by atoms with Crippen molar-refractivity contribution in [3.8, 4) is 0 Å². The van der Waals surface area contributed by atoms with Gasteiger partial charge in [-0.1, -0.05) is 62.9 Å². The van der Waals surface area contributed by atoms with Crippen molar-refractivity contribution in [3.05, 3.63) is 35.9 Å². The summed E-state index contributed by atoms with van der Waals surface area (Å²) in [5.41, 5.74) is 1.18. The molecule has 2 bridgehead atoms. The van der Waals surface area contributed by atoms with Crippen LogP contribution in [-0.4, -0.2) is 34.6 Å². The largest absolute Gasteiger partial charge is 0.481 e. The predicted octanol–water partition coefficient (Wildman–Crippen LogP) is 5.47. The number of carboxylic acid groups (broad SMARTS) is 1. The van der Waals surface area contributed by atoms with Gasteiger partial charge in [-0.05, 0) is 55.8 Å². The van der Waals surface area contributed by atoms with Crippen LogP contribution in [0, 0.1) is 11.8 Å². The summed E-state index contributed by atoms with van der Waals surface area (Å²) in [7, 11) is 0. The van der Waals surface area contributed by atoms with E-state index in [2.05, 4.69) is 24.4 Å². The summed E-state index contributed by atoms with van der Waals surface area (Å²) < 4.78 is 12.6. The Morgan fingerprint density at radius 1 is 1.19 bits per heavy atom. The molecule has 3 rings (SSSR count). The van der Waals surface area contributed by atoms with Gasteiger partial charge in [-0.15, -0.1) is 0 Å². The van der Waals surface area contributed by atoms with Crippen molar-refractivity contribution >= 4 is 23.4 Å². The van der Waals surface area contributed by atoms with Gasteiger partial charge in [-0.3, -0.25) is 4.79 Å². The number of hydrogen-bond acceptors (Lipinski definition) is 4. The molecule has 172 valence electrons. The van der Waals surface area contributed by atoms with E-state index in [1.54, 1.807) is 0 Å². The van der Waals surface area contributed by atoms with Gasteiger partial charge in [0.2, 0.25) is 0 Å². The van der Waals surface area contributed by atoms with Crippen LogP contribution in [0.5, 0.6) is 0 Å². The number of hydrogen-bond donors (Lipinski definition) is 2. The monoisotopic (exact) mass is 447 g/mol. The molecule has 31 heavy (non-hydrogen) atoms. The number of nitrogens with one attached hydrogen (secondary N) is 1. The second-order valence-electron chi connectivity index (χ2n) is 8.95. The molecule has 6 heteroatoms. The lowest BCUT2D eigenvalue weighted by molar-refractivity contribution is -0.137. The Balaban J connectivity index is 1.51. The third-order valence-electron chi connectivity index (χ3n) is 6.71. The Hall–Kier alpha value is -1.66. The van der Waals surface area contributed by atoms with E-state index in [0.717, 1.165) is 57.8 Å². The van der Waals surface area contributed by atoms with Gasteiger partial charge in [-0.2, -0.15) is 0 Å². The van der Waals surface area contributed by atoms with Crippen LogP contribution in [0.15, 0.2) is 30.3 Å². The van der Waals surface area contributed by atoms with Crippen LogP contribution in [-0.2, 0) is 20.8 Å². The first-order valence-corrected chi connectivity index (χ1v) is 12.3. The quantitative estimate of drug-likeness (QED) is 0.309. The van der Waals surface area contributed by atoms with Crippen LogP contribution < -0.4 is 5.32 Å². The summed E-state index contributed by atoms with van der Waals surface area (Å²) >= 11 is 5.54. The van der Waals surface area contributed by atoms with Crippen LogP contribution in [0.25, 0.3) is 0 Å². The Morgan fingerprint density at radius 3 is 2.68 bits per heavy atom. The summed E-state index contributed by atoms with van der Waals surface area (Å²) in [5, 5.41) is 12.5. The molecule has 0 saturated carbocycles. The average Bonchev–Trinajstić information content (AvgIpc) is 3.37. The topological polar surface area (TPSA) is 67.8 Å². The molecule has 0 spiro atoms. The highest BCUT2D eigenvalue weighted by molar-refractivity contribution is 7.80. The fraction of sp³-hybridized carbons (Fsp3) is 0.680. The molecular weight excluding hydrogens is 410 g/mol. The zero-order valence-electron chi connectivity index (χ0n) is 18.6. The number of carboxylic acids is 1. The Kier molecular flexibility index (Phi) is 9.59. The first-order valence-electron chi connectivity index (χ1n) is 11.9. The summed E-state index contributed by atoms with van der Waals surface area (Å²) in [5.74, 6) is 0.221. The lowest BCUT2D eigenvalue weighted by Crippen LogP contribution is -2.41. The van der Waals surface area contributed by atoms with Gasteiger partial charge in [0.15, 0.2) is 0 Å². The smallest absolute Gasteiger partial charge is 0.303 e. The number of benzene rings is 1. The number of fused-ring (bicyclic) bond motifs is 2. The second kappa shape index (κ2) is 12.4. The van der Waals surface area contributed by atoms with E-state index in [-0.39, 0.29) is 18.6 Å². The van der Waals surface area contributed by atoms with E-state index < -0.39 is 5.97 Å². The fourth-order valence-corrected chi connectivity index (χ4v) is 5.47. The van der Waals surface area contributed by atoms with Crippen molar-refractivity contribution in [2.45, 2.75) is 96.0 Å². The maximum atomic E-state index is 10.7. The molecule has 2 N–H and O–H groups in total. The average molecular weight is 448 g/mol. The van der Waals surface area contributed by atoms with Crippen LogP contribution in [0.2, 0.25) is 0 Å². The van der Waals surface area contributed by atoms with E-state index in [1.807, 2.05) is 18.2 Å². The minimum atomic E-state index is -0.696. The summed E-state index contributed by atoms with van der Waals surface area (Å²) in [6.07, 6.45) is 10.4. The van der Waals surface area contributed by atoms with Crippen molar-refractivity contribution in [2.24, 2.45) is 11.8 Å². The molecule has 5 unspecified atom stereocenters. The molecule has 1 aromatic rings. The highest BCUT2D eigenvalue weighted by Crippen LogP contribution is 2.48. The highest BCUT2D eigenvalue weighted by Gasteiger charge is 2.52. The number of unbranched alkanes of at least 4 members (excludes halogenated alkanes) is 3. The molecule has 2 heterocycles. The van der Waals surface area contributed by atoms with Gasteiger partial charge in [-0.25, -0.2) is 0 Å². The molecule has 2 aliphatic rings. The van der Waals surface area contributed by atoms with E-state index in [1.165, 1.54) is 5.56 Å². The lowest BCUT2D eigenvalue weighted by atomic mass is 9.73. The standard InChI is InChI=1S/C25H37NO4S/c1-2-10-21(30-25(31)26-17-18-11-6-5-7-12-18)24-19(20-15-16-22(24)29-20)13-8-3-4-9-14-23(27)28/h5-7,11-12,19-22,24H,2-4,8-10,13-17H2,1H3,(H,26,31)(H,27,28). The first kappa shape index (κ1) is 24.0. The fourth-order valence-electron chi connectivity index (χ4n) is 5.28. The lowest BCUT2D eigenvalue weighted by Gasteiger charge is -2.34. The molecule has 0 amide bonds. The van der Waals surface area contributed by atoms with E-state index in [0.29, 0.717) is 29.7 Å². The zero-order valence-corrected chi connectivity index (χ0v) is 19.4. The van der Waals surface area contributed by atoms with Crippen LogP contribution in [0.4, 0.5) is 0 Å². The van der Waals surface area contributed by atoms with Gasteiger partial charge >= 0.3 is 5.97 Å². The SMILES string of the molecule is CCCC(OC(=S)NCc1ccccc1)C1C2CCC(O2)C1CCCCCCC(=O)O. The van der Waals surface area contributed by atoms with Gasteiger partial charge in [0.25, 0.3) is 5.17 Å². The third kappa shape index (κ3) is 7.18. The minimum absolute atomic E-state index is 0.0908. The minimum Gasteiger partial charge on any atom is -0.481 e. The number of aliphatic carboxylic acids is 1. The van der Waals surface area contributed by atoms with Crippen molar-refractivity contribution in [2.75, 3.05) is 0 Å². The predicted molar refractivity (Wildman–Crippen MR) is 126 cm³/mol. The number of rotatable bonds is 13.